The summed E-state index contributed by atoms with van der Waals surface area (Å²) < 4.78 is 0. The number of rotatable bonds is 4. The minimum absolute atomic E-state index is 0.0706. The molecular weight excluding hydrogens is 378 g/mol. The van der Waals surface area contributed by atoms with Crippen LogP contribution in [0.4, 0.5) is 11.4 Å². The number of amidine groups is 1. The standard InChI is InChI=1S/C22H23N7O/c30-22(28-19-14-24-9-8-20(19)29-12-10-23-11-13-29)18-7-3-6-17(25-18)21-26-15-4-1-2-5-16(15)27-21/h1-9,14-16,23H,10-13H2,(H,26,27)(H,28,30). The average Bonchev–Trinajstić information content (AvgIpc) is 3.25. The first-order valence-corrected chi connectivity index (χ1v) is 10.2. The van der Waals surface area contributed by atoms with Crippen LogP contribution in [0.25, 0.3) is 0 Å². The molecule has 2 aromatic heterocycles. The first-order chi connectivity index (χ1) is 14.8. The predicted octanol–water partition coefficient (Wildman–Crippen LogP) is 1.35. The lowest BCUT2D eigenvalue weighted by atomic mass is 10.1. The van der Waals surface area contributed by atoms with Crippen LogP contribution in [0.1, 0.15) is 16.2 Å². The fraction of sp³-hybridized carbons (Fsp3) is 0.273. The minimum atomic E-state index is -0.267. The number of fused-ring (bicyclic) bond motifs is 1. The molecule has 8 heteroatoms. The lowest BCUT2D eigenvalue weighted by molar-refractivity contribution is 0.102. The van der Waals surface area contributed by atoms with Gasteiger partial charge in [0.25, 0.3) is 5.91 Å². The van der Waals surface area contributed by atoms with Gasteiger partial charge in [-0.15, -0.1) is 0 Å². The van der Waals surface area contributed by atoms with Crippen molar-refractivity contribution in [2.75, 3.05) is 36.4 Å². The summed E-state index contributed by atoms with van der Waals surface area (Å²) in [7, 11) is 0. The highest BCUT2D eigenvalue weighted by Gasteiger charge is 2.27. The Labute approximate surface area is 174 Å². The zero-order valence-corrected chi connectivity index (χ0v) is 16.5. The SMILES string of the molecule is O=C(Nc1cnccc1N1CCNCC1)c1cccc(C2=NC3C=CC=CC3N2)n1. The second kappa shape index (κ2) is 8.08. The summed E-state index contributed by atoms with van der Waals surface area (Å²) in [6.45, 7) is 3.61. The van der Waals surface area contributed by atoms with Crippen LogP contribution in [0.2, 0.25) is 0 Å². The lowest BCUT2D eigenvalue weighted by Gasteiger charge is -2.30. The number of amides is 1. The van der Waals surface area contributed by atoms with E-state index in [1.165, 1.54) is 0 Å². The van der Waals surface area contributed by atoms with E-state index in [-0.39, 0.29) is 18.0 Å². The molecule has 0 aromatic carbocycles. The van der Waals surface area contributed by atoms with E-state index in [0.717, 1.165) is 31.9 Å². The van der Waals surface area contributed by atoms with Gasteiger partial charge in [0.2, 0.25) is 0 Å². The molecule has 5 rings (SSSR count). The third-order valence-electron chi connectivity index (χ3n) is 5.42. The van der Waals surface area contributed by atoms with Gasteiger partial charge < -0.3 is 20.9 Å². The molecule has 30 heavy (non-hydrogen) atoms. The lowest BCUT2D eigenvalue weighted by Crippen LogP contribution is -2.43. The van der Waals surface area contributed by atoms with Crippen molar-refractivity contribution < 1.29 is 4.79 Å². The molecule has 8 nitrogen and oxygen atoms in total. The summed E-state index contributed by atoms with van der Waals surface area (Å²) in [6, 6.07) is 7.55. The Morgan fingerprint density at radius 2 is 2.00 bits per heavy atom. The molecule has 2 atom stereocenters. The monoisotopic (exact) mass is 401 g/mol. The molecular formula is C22H23N7O. The first kappa shape index (κ1) is 18.5. The molecule has 1 aliphatic carbocycles. The van der Waals surface area contributed by atoms with Crippen LogP contribution in [-0.2, 0) is 0 Å². The van der Waals surface area contributed by atoms with Gasteiger partial charge in [0, 0.05) is 32.4 Å². The van der Waals surface area contributed by atoms with E-state index in [2.05, 4.69) is 43.0 Å². The normalized spacial score (nSPS) is 22.3. The van der Waals surface area contributed by atoms with Crippen LogP contribution in [0.15, 0.2) is 66.0 Å². The maximum atomic E-state index is 13.0. The highest BCUT2D eigenvalue weighted by atomic mass is 16.1. The smallest absolute Gasteiger partial charge is 0.274 e. The number of pyridine rings is 2. The second-order valence-electron chi connectivity index (χ2n) is 7.40. The zero-order valence-electron chi connectivity index (χ0n) is 16.5. The molecule has 0 bridgehead atoms. The minimum Gasteiger partial charge on any atom is -0.367 e. The maximum Gasteiger partial charge on any atom is 0.274 e. The molecule has 1 saturated heterocycles. The summed E-state index contributed by atoms with van der Waals surface area (Å²) in [5, 5.41) is 9.70. The number of allylic oxidation sites excluding steroid dienone is 2. The molecule has 152 valence electrons. The van der Waals surface area contributed by atoms with Crippen LogP contribution < -0.4 is 20.9 Å². The molecule has 3 N–H and O–H groups in total. The van der Waals surface area contributed by atoms with Gasteiger partial charge in [-0.3, -0.25) is 14.8 Å². The second-order valence-corrected chi connectivity index (χ2v) is 7.40. The van der Waals surface area contributed by atoms with Crippen molar-refractivity contribution in [1.82, 2.24) is 20.6 Å². The molecule has 2 aromatic rings. The van der Waals surface area contributed by atoms with Crippen LogP contribution in [0.5, 0.6) is 0 Å². The summed E-state index contributed by atoms with van der Waals surface area (Å²) >= 11 is 0. The molecule has 4 heterocycles. The van der Waals surface area contributed by atoms with E-state index in [4.69, 9.17) is 4.99 Å². The molecule has 0 spiro atoms. The van der Waals surface area contributed by atoms with Gasteiger partial charge in [-0.05, 0) is 18.2 Å². The van der Waals surface area contributed by atoms with Crippen molar-refractivity contribution in [1.29, 1.82) is 0 Å². The quantitative estimate of drug-likeness (QED) is 0.716. The summed E-state index contributed by atoms with van der Waals surface area (Å²) in [6.07, 6.45) is 11.6. The predicted molar refractivity (Wildman–Crippen MR) is 117 cm³/mol. The van der Waals surface area contributed by atoms with Crippen molar-refractivity contribution in [3.05, 3.63) is 72.4 Å². The number of aromatic nitrogens is 2. The fourth-order valence-electron chi connectivity index (χ4n) is 3.88. The Hall–Kier alpha value is -3.52. The number of aliphatic imine (C=N–C) groups is 1. The summed E-state index contributed by atoms with van der Waals surface area (Å²) in [5.41, 5.74) is 2.66. The van der Waals surface area contributed by atoms with Gasteiger partial charge in [-0.1, -0.05) is 30.4 Å². The number of nitrogens with one attached hydrogen (secondary N) is 3. The van der Waals surface area contributed by atoms with Crippen LogP contribution in [0, 0.1) is 0 Å². The summed E-state index contributed by atoms with van der Waals surface area (Å²) in [4.78, 5) is 28.6. The largest absolute Gasteiger partial charge is 0.367 e. The van der Waals surface area contributed by atoms with Crippen molar-refractivity contribution >= 4 is 23.1 Å². The van der Waals surface area contributed by atoms with Crippen LogP contribution in [0.3, 0.4) is 0 Å². The van der Waals surface area contributed by atoms with Gasteiger partial charge in [-0.25, -0.2) is 4.98 Å². The molecule has 0 radical (unpaired) electrons. The number of hydrogen-bond acceptors (Lipinski definition) is 7. The molecule has 3 aliphatic rings. The van der Waals surface area contributed by atoms with E-state index in [1.54, 1.807) is 18.5 Å². The third-order valence-corrected chi connectivity index (χ3v) is 5.42. The maximum absolute atomic E-state index is 13.0. The number of piperazine rings is 1. The molecule has 1 fully saturated rings. The van der Waals surface area contributed by atoms with Crippen LogP contribution >= 0.6 is 0 Å². The average molecular weight is 401 g/mol. The topological polar surface area (TPSA) is 94.5 Å². The fourth-order valence-corrected chi connectivity index (χ4v) is 3.88. The zero-order chi connectivity index (χ0) is 20.3. The number of hydrogen-bond donors (Lipinski definition) is 3. The van der Waals surface area contributed by atoms with E-state index < -0.39 is 0 Å². The van der Waals surface area contributed by atoms with Crippen molar-refractivity contribution in [2.45, 2.75) is 12.1 Å². The van der Waals surface area contributed by atoms with Gasteiger partial charge >= 0.3 is 0 Å². The highest BCUT2D eigenvalue weighted by molar-refractivity contribution is 6.06. The van der Waals surface area contributed by atoms with Gasteiger partial charge in [0.1, 0.15) is 17.2 Å². The van der Waals surface area contributed by atoms with Gasteiger partial charge in [0.15, 0.2) is 0 Å². The molecule has 0 saturated carbocycles. The Bertz CT molecular complexity index is 1040. The Balaban J connectivity index is 1.35. The Morgan fingerprint density at radius 3 is 2.87 bits per heavy atom. The van der Waals surface area contributed by atoms with Crippen molar-refractivity contribution in [3.8, 4) is 0 Å². The van der Waals surface area contributed by atoms with Crippen molar-refractivity contribution in [3.63, 3.8) is 0 Å². The Morgan fingerprint density at radius 1 is 1.13 bits per heavy atom. The van der Waals surface area contributed by atoms with E-state index in [9.17, 15) is 4.79 Å². The van der Waals surface area contributed by atoms with Crippen LogP contribution in [-0.4, -0.2) is 60.0 Å². The van der Waals surface area contributed by atoms with Gasteiger partial charge in [0.05, 0.1) is 29.7 Å². The third kappa shape index (κ3) is 3.69. The number of anilines is 2. The molecule has 2 unspecified atom stereocenters. The highest BCUT2D eigenvalue weighted by Crippen LogP contribution is 2.25. The number of carbonyl (C=O) groups excluding carboxylic acids is 1. The van der Waals surface area contributed by atoms with E-state index in [1.807, 2.05) is 30.4 Å². The molecule has 1 amide bonds. The molecule has 2 aliphatic heterocycles. The summed E-state index contributed by atoms with van der Waals surface area (Å²) in [5.74, 6) is 0.441. The first-order valence-electron chi connectivity index (χ1n) is 10.2. The van der Waals surface area contributed by atoms with E-state index in [0.29, 0.717) is 22.9 Å². The number of nitrogens with zero attached hydrogens (tertiary/aromatic N) is 4. The van der Waals surface area contributed by atoms with Gasteiger partial charge in [-0.2, -0.15) is 0 Å². The van der Waals surface area contributed by atoms with Crippen molar-refractivity contribution in [2.24, 2.45) is 4.99 Å². The van der Waals surface area contributed by atoms with E-state index >= 15 is 0 Å². The Kier molecular flexibility index (Phi) is 4.98. The number of carbonyl (C=O) groups is 1.